The van der Waals surface area contributed by atoms with Crippen molar-refractivity contribution in [2.24, 2.45) is 4.99 Å². The Labute approximate surface area is 350 Å². The van der Waals surface area contributed by atoms with Gasteiger partial charge in [0.1, 0.15) is 18.5 Å². The number of hydrogen-bond acceptors (Lipinski definition) is 6. The SMILES string of the molecule is C1=C(c2ccc(-c3ccccc3)cc2)NC(c2cccc(C3Nc4ccccc4N3c3ccccc3)c2)N=C1c1cccc(C2Nc3ccccc3N2c2ccccc2)c1. The van der Waals surface area contributed by atoms with E-state index in [-0.39, 0.29) is 18.5 Å². The summed E-state index contributed by atoms with van der Waals surface area (Å²) in [6, 6.07) is 75.4. The van der Waals surface area contributed by atoms with Gasteiger partial charge in [0.2, 0.25) is 0 Å². The molecule has 6 nitrogen and oxygen atoms in total. The Hall–Kier alpha value is -7.83. The van der Waals surface area contributed by atoms with Gasteiger partial charge in [-0.15, -0.1) is 0 Å². The van der Waals surface area contributed by atoms with Crippen molar-refractivity contribution in [1.82, 2.24) is 5.32 Å². The highest BCUT2D eigenvalue weighted by Gasteiger charge is 2.33. The molecule has 3 heterocycles. The lowest BCUT2D eigenvalue weighted by Crippen LogP contribution is -2.26. The summed E-state index contributed by atoms with van der Waals surface area (Å²) in [5, 5.41) is 11.5. The fraction of sp³-hybridized carbons (Fsp3) is 0.0556. The Kier molecular flexibility index (Phi) is 8.93. The second kappa shape index (κ2) is 15.2. The van der Waals surface area contributed by atoms with Crippen molar-refractivity contribution in [1.29, 1.82) is 0 Å². The van der Waals surface area contributed by atoms with E-state index in [1.807, 2.05) is 0 Å². The van der Waals surface area contributed by atoms with Gasteiger partial charge in [-0.1, -0.05) is 152 Å². The molecule has 6 heteroatoms. The van der Waals surface area contributed by atoms with E-state index in [1.165, 1.54) is 11.1 Å². The molecule has 0 saturated heterocycles. The first-order valence-electron chi connectivity index (χ1n) is 20.6. The largest absolute Gasteiger partial charge is 0.360 e. The summed E-state index contributed by atoms with van der Waals surface area (Å²) >= 11 is 0. The van der Waals surface area contributed by atoms with Gasteiger partial charge in [-0.3, -0.25) is 4.99 Å². The number of allylic oxidation sites excluding steroid dienone is 1. The number of rotatable bonds is 8. The fourth-order valence-electron chi connectivity index (χ4n) is 8.79. The van der Waals surface area contributed by atoms with Crippen molar-refractivity contribution in [2.75, 3.05) is 20.4 Å². The number of nitrogens with zero attached hydrogens (tertiary/aromatic N) is 3. The van der Waals surface area contributed by atoms with Gasteiger partial charge in [-0.25, -0.2) is 0 Å². The predicted octanol–water partition coefficient (Wildman–Crippen LogP) is 13.0. The fourth-order valence-corrected chi connectivity index (χ4v) is 8.79. The molecule has 3 aliphatic heterocycles. The highest BCUT2D eigenvalue weighted by molar-refractivity contribution is 6.13. The Balaban J connectivity index is 0.982. The highest BCUT2D eigenvalue weighted by Crippen LogP contribution is 2.47. The zero-order chi connectivity index (χ0) is 39.8. The van der Waals surface area contributed by atoms with Gasteiger partial charge in [0, 0.05) is 22.6 Å². The monoisotopic (exact) mass is 774 g/mol. The van der Waals surface area contributed by atoms with E-state index < -0.39 is 0 Å². The van der Waals surface area contributed by atoms with Gasteiger partial charge in [0.05, 0.1) is 28.5 Å². The third-order valence-corrected chi connectivity index (χ3v) is 11.7. The number of benzene rings is 8. The minimum Gasteiger partial charge on any atom is -0.360 e. The van der Waals surface area contributed by atoms with Crippen LogP contribution in [0.1, 0.15) is 46.3 Å². The third-order valence-electron chi connectivity index (χ3n) is 11.7. The van der Waals surface area contributed by atoms with E-state index in [1.54, 1.807) is 0 Å². The zero-order valence-electron chi connectivity index (χ0n) is 32.9. The Morgan fingerprint density at radius 3 is 1.45 bits per heavy atom. The van der Waals surface area contributed by atoms with Crippen LogP contribution in [0.5, 0.6) is 0 Å². The second-order valence-electron chi connectivity index (χ2n) is 15.4. The van der Waals surface area contributed by atoms with Gasteiger partial charge in [-0.2, -0.15) is 0 Å². The standard InChI is InChI=1S/C54H42N6/c1-4-16-37(17-5-1)38-30-32-39(33-31-38)48-36-49(40-18-14-20-42(34-40)53-57-46-26-10-12-28-50(46)59(53)44-22-6-2-7-23-44)56-52(55-48)41-19-15-21-43(35-41)54-58-47-27-11-13-29-51(47)60(54)45-24-8-3-9-25-45/h1-36,52-55,57-58H. The smallest absolute Gasteiger partial charge is 0.145 e. The molecule has 11 rings (SSSR count). The lowest BCUT2D eigenvalue weighted by molar-refractivity contribution is 0.661. The molecule has 8 aromatic carbocycles. The first kappa shape index (κ1) is 35.3. The van der Waals surface area contributed by atoms with Crippen LogP contribution in [0.3, 0.4) is 0 Å². The summed E-state index contributed by atoms with van der Waals surface area (Å²) in [5.41, 5.74) is 16.7. The van der Waals surface area contributed by atoms with E-state index in [0.717, 1.165) is 73.4 Å². The number of aliphatic imine (C=N–C) groups is 1. The van der Waals surface area contributed by atoms with Crippen molar-refractivity contribution in [3.8, 4) is 11.1 Å². The van der Waals surface area contributed by atoms with Crippen molar-refractivity contribution >= 4 is 45.5 Å². The molecule has 0 radical (unpaired) electrons. The maximum atomic E-state index is 5.49. The van der Waals surface area contributed by atoms with Crippen molar-refractivity contribution in [2.45, 2.75) is 18.5 Å². The highest BCUT2D eigenvalue weighted by atomic mass is 15.3. The minimum atomic E-state index is -0.332. The molecule has 0 spiro atoms. The van der Waals surface area contributed by atoms with Crippen LogP contribution in [0.15, 0.2) is 223 Å². The molecule has 288 valence electrons. The Morgan fingerprint density at radius 2 is 0.833 bits per heavy atom. The quantitative estimate of drug-likeness (QED) is 0.144. The van der Waals surface area contributed by atoms with Crippen LogP contribution in [-0.2, 0) is 0 Å². The molecule has 60 heavy (non-hydrogen) atoms. The van der Waals surface area contributed by atoms with Crippen LogP contribution in [0, 0.1) is 0 Å². The lowest BCUT2D eigenvalue weighted by atomic mass is 9.98. The van der Waals surface area contributed by atoms with Gasteiger partial charge < -0.3 is 25.8 Å². The lowest BCUT2D eigenvalue weighted by Gasteiger charge is -2.29. The molecule has 3 atom stereocenters. The van der Waals surface area contributed by atoms with E-state index in [4.69, 9.17) is 4.99 Å². The summed E-state index contributed by atoms with van der Waals surface area (Å²) in [5.74, 6) is 0. The second-order valence-corrected chi connectivity index (χ2v) is 15.4. The summed E-state index contributed by atoms with van der Waals surface area (Å²) < 4.78 is 0. The van der Waals surface area contributed by atoms with Gasteiger partial charge in [0.25, 0.3) is 0 Å². The van der Waals surface area contributed by atoms with Crippen molar-refractivity contribution < 1.29 is 0 Å². The Morgan fingerprint density at radius 1 is 0.367 bits per heavy atom. The Bertz CT molecular complexity index is 2870. The molecule has 0 aromatic heterocycles. The van der Waals surface area contributed by atoms with E-state index >= 15 is 0 Å². The molecular weight excluding hydrogens is 733 g/mol. The number of hydrogen-bond donors (Lipinski definition) is 3. The van der Waals surface area contributed by atoms with E-state index in [0.29, 0.717) is 0 Å². The first-order chi connectivity index (χ1) is 29.7. The summed E-state index contributed by atoms with van der Waals surface area (Å²) in [7, 11) is 0. The zero-order valence-corrected chi connectivity index (χ0v) is 32.9. The molecule has 8 aromatic rings. The molecule has 3 aliphatic rings. The molecule has 0 saturated carbocycles. The van der Waals surface area contributed by atoms with Crippen molar-refractivity contribution in [3.63, 3.8) is 0 Å². The average Bonchev–Trinajstić information content (AvgIpc) is 3.92. The summed E-state index contributed by atoms with van der Waals surface area (Å²) in [6.07, 6.45) is 1.68. The third kappa shape index (κ3) is 6.54. The summed E-state index contributed by atoms with van der Waals surface area (Å²) in [4.78, 5) is 10.3. The van der Waals surface area contributed by atoms with Crippen LogP contribution in [-0.4, -0.2) is 5.71 Å². The molecular formula is C54H42N6. The first-order valence-corrected chi connectivity index (χ1v) is 20.6. The maximum Gasteiger partial charge on any atom is 0.145 e. The number of anilines is 6. The number of para-hydroxylation sites is 6. The molecule has 3 unspecified atom stereocenters. The van der Waals surface area contributed by atoms with Crippen LogP contribution in [0.2, 0.25) is 0 Å². The summed E-state index contributed by atoms with van der Waals surface area (Å²) in [6.45, 7) is 0. The van der Waals surface area contributed by atoms with E-state index in [9.17, 15) is 0 Å². The molecule has 0 bridgehead atoms. The predicted molar refractivity (Wildman–Crippen MR) is 248 cm³/mol. The van der Waals surface area contributed by atoms with E-state index in [2.05, 4.69) is 244 Å². The van der Waals surface area contributed by atoms with Gasteiger partial charge >= 0.3 is 0 Å². The van der Waals surface area contributed by atoms with Crippen LogP contribution < -0.4 is 25.8 Å². The minimum absolute atomic E-state index is 0.0930. The molecule has 3 N–H and O–H groups in total. The average molecular weight is 775 g/mol. The van der Waals surface area contributed by atoms with Crippen molar-refractivity contribution in [3.05, 3.63) is 246 Å². The van der Waals surface area contributed by atoms with Crippen LogP contribution >= 0.6 is 0 Å². The maximum absolute atomic E-state index is 5.49. The normalized spacial score (nSPS) is 17.7. The topological polar surface area (TPSA) is 54.9 Å². The van der Waals surface area contributed by atoms with Crippen LogP contribution in [0.25, 0.3) is 16.8 Å². The molecule has 0 fully saturated rings. The van der Waals surface area contributed by atoms with Gasteiger partial charge in [0.15, 0.2) is 0 Å². The van der Waals surface area contributed by atoms with Crippen LogP contribution in [0.4, 0.5) is 34.1 Å². The van der Waals surface area contributed by atoms with Gasteiger partial charge in [-0.05, 0) is 100 Å². The number of fused-ring (bicyclic) bond motifs is 2. The number of nitrogens with one attached hydrogen (secondary N) is 3. The molecule has 0 amide bonds. The molecule has 0 aliphatic carbocycles.